The monoisotopic (exact) mass is 394 g/mol. The van der Waals surface area contributed by atoms with Crippen LogP contribution in [-0.2, 0) is 10.0 Å². The lowest BCUT2D eigenvalue weighted by molar-refractivity contribution is 0.222. The number of aromatic nitrogens is 1. The predicted molar refractivity (Wildman–Crippen MR) is 100 cm³/mol. The number of carbonyl (C=O) groups is 1. The highest BCUT2D eigenvalue weighted by Gasteiger charge is 2.38. The molecule has 2 aliphatic rings. The van der Waals surface area contributed by atoms with E-state index >= 15 is 0 Å². The van der Waals surface area contributed by atoms with E-state index in [1.807, 2.05) is 0 Å². The van der Waals surface area contributed by atoms with Crippen molar-refractivity contribution in [2.24, 2.45) is 0 Å². The van der Waals surface area contributed by atoms with Crippen LogP contribution in [0.25, 0.3) is 0 Å². The minimum atomic E-state index is -3.83. The Morgan fingerprint density at radius 2 is 1.85 bits per heavy atom. The van der Waals surface area contributed by atoms with E-state index in [4.69, 9.17) is 9.93 Å². The minimum Gasteiger partial charge on any atom is -0.394 e. The quantitative estimate of drug-likeness (QED) is 0.393. The van der Waals surface area contributed by atoms with Gasteiger partial charge in [0.25, 0.3) is 10.0 Å². The molecule has 0 radical (unpaired) electrons. The fourth-order valence-corrected chi connectivity index (χ4v) is 4.26. The third-order valence-electron chi connectivity index (χ3n) is 4.57. The van der Waals surface area contributed by atoms with Crippen molar-refractivity contribution >= 4 is 26.8 Å². The van der Waals surface area contributed by atoms with E-state index in [1.54, 1.807) is 25.8 Å². The molecular weight excluding hydrogens is 372 g/mol. The lowest BCUT2D eigenvalue weighted by Crippen LogP contribution is -2.39. The van der Waals surface area contributed by atoms with Gasteiger partial charge in [-0.1, -0.05) is 5.16 Å². The fourth-order valence-electron chi connectivity index (χ4n) is 3.09. The summed E-state index contributed by atoms with van der Waals surface area (Å²) in [4.78, 5) is 14.1. The Hall–Kier alpha value is -2.66. The molecule has 0 aromatic carbocycles. The maximum atomic E-state index is 12.5. The summed E-state index contributed by atoms with van der Waals surface area (Å²) in [6.07, 6.45) is 2.61. The number of urea groups is 1. The van der Waals surface area contributed by atoms with Gasteiger partial charge in [-0.3, -0.25) is 5.41 Å². The lowest BCUT2D eigenvalue weighted by Gasteiger charge is -2.22. The average molecular weight is 394 g/mol. The van der Waals surface area contributed by atoms with Crippen molar-refractivity contribution in [2.75, 3.05) is 38.5 Å². The van der Waals surface area contributed by atoms with E-state index in [0.29, 0.717) is 30.2 Å². The number of amides is 2. The maximum Gasteiger partial charge on any atom is 0.322 e. The molecule has 0 unspecified atom stereocenters. The molecule has 10 nitrogen and oxygen atoms in total. The van der Waals surface area contributed by atoms with Crippen LogP contribution in [0.15, 0.2) is 27.9 Å². The maximum absolute atomic E-state index is 12.5. The summed E-state index contributed by atoms with van der Waals surface area (Å²) >= 11 is 0. The molecule has 0 saturated heterocycles. The van der Waals surface area contributed by atoms with Gasteiger partial charge in [-0.05, 0) is 37.3 Å². The zero-order valence-electron chi connectivity index (χ0n) is 15.4. The first-order chi connectivity index (χ1) is 12.7. The van der Waals surface area contributed by atoms with Crippen LogP contribution in [0.4, 0.5) is 10.5 Å². The summed E-state index contributed by atoms with van der Waals surface area (Å²) in [5.74, 6) is 0.533. The summed E-state index contributed by atoms with van der Waals surface area (Å²) in [6, 6.07) is -0.280. The Balaban J connectivity index is 1.61. The molecule has 1 aromatic heterocycles. The third kappa shape index (κ3) is 3.60. The summed E-state index contributed by atoms with van der Waals surface area (Å²) in [7, 11) is -2.20. The van der Waals surface area contributed by atoms with Gasteiger partial charge in [0.15, 0.2) is 10.8 Å². The topological polar surface area (TPSA) is 132 Å². The molecule has 146 valence electrons. The highest BCUT2D eigenvalue weighted by atomic mass is 32.2. The molecule has 0 atom stereocenters. The number of hydrogen-bond donors (Lipinski definition) is 3. The smallest absolute Gasteiger partial charge is 0.322 e. The molecule has 27 heavy (non-hydrogen) atoms. The van der Waals surface area contributed by atoms with Gasteiger partial charge in [0, 0.05) is 33.2 Å². The first-order valence-electron chi connectivity index (χ1n) is 8.35. The second-order valence-electron chi connectivity index (χ2n) is 6.45. The number of anilines is 1. The van der Waals surface area contributed by atoms with Crippen LogP contribution >= 0.6 is 0 Å². The van der Waals surface area contributed by atoms with E-state index in [9.17, 15) is 13.2 Å². The molecule has 2 amide bonds. The van der Waals surface area contributed by atoms with E-state index in [-0.39, 0.29) is 19.1 Å². The van der Waals surface area contributed by atoms with Gasteiger partial charge in [-0.25, -0.2) is 13.2 Å². The number of nitrogens with zero attached hydrogens (tertiary/aromatic N) is 3. The van der Waals surface area contributed by atoms with Gasteiger partial charge in [0.1, 0.15) is 11.4 Å². The molecule has 3 rings (SSSR count). The van der Waals surface area contributed by atoms with Crippen molar-refractivity contribution in [3.63, 3.8) is 0 Å². The molecular formula is C16H22N6O4S. The zero-order chi connectivity index (χ0) is 19.8. The predicted octanol–water partition coefficient (Wildman–Crippen LogP) is 0.791. The Bertz CT molecular complexity index is 909. The summed E-state index contributed by atoms with van der Waals surface area (Å²) < 4.78 is 31.2. The summed E-state index contributed by atoms with van der Waals surface area (Å²) in [6.45, 7) is 4.57. The second kappa shape index (κ2) is 7.16. The highest BCUT2D eigenvalue weighted by Crippen LogP contribution is 2.29. The van der Waals surface area contributed by atoms with E-state index in [2.05, 4.69) is 15.8 Å². The Labute approximate surface area is 157 Å². The van der Waals surface area contributed by atoms with Gasteiger partial charge >= 0.3 is 6.03 Å². The molecule has 0 spiro atoms. The van der Waals surface area contributed by atoms with Crippen LogP contribution in [0.2, 0.25) is 0 Å². The van der Waals surface area contributed by atoms with Crippen molar-refractivity contribution in [1.82, 2.24) is 19.7 Å². The lowest BCUT2D eigenvalue weighted by atomic mass is 10.2. The minimum absolute atomic E-state index is 0.197. The number of nitrogens with one attached hydrogen (secondary N) is 3. The molecule has 3 heterocycles. The number of rotatable bonds is 4. The van der Waals surface area contributed by atoms with Crippen LogP contribution in [0, 0.1) is 19.3 Å². The van der Waals surface area contributed by atoms with Gasteiger partial charge in [0.2, 0.25) is 0 Å². The van der Waals surface area contributed by atoms with Crippen molar-refractivity contribution < 1.29 is 17.7 Å². The van der Waals surface area contributed by atoms with E-state index in [0.717, 1.165) is 11.1 Å². The van der Waals surface area contributed by atoms with Gasteiger partial charge < -0.3 is 20.1 Å². The Morgan fingerprint density at radius 1 is 1.22 bits per heavy atom. The van der Waals surface area contributed by atoms with Crippen LogP contribution < -0.4 is 10.6 Å². The van der Waals surface area contributed by atoms with Crippen molar-refractivity contribution in [2.45, 2.75) is 13.8 Å². The third-order valence-corrected chi connectivity index (χ3v) is 6.20. The van der Waals surface area contributed by atoms with Crippen LogP contribution in [-0.4, -0.2) is 67.1 Å². The van der Waals surface area contributed by atoms with Gasteiger partial charge in [-0.2, -0.15) is 4.31 Å². The number of aryl methyl sites for hydroxylation is 2. The first kappa shape index (κ1) is 19.1. The van der Waals surface area contributed by atoms with Gasteiger partial charge in [-0.15, -0.1) is 0 Å². The largest absolute Gasteiger partial charge is 0.394 e. The van der Waals surface area contributed by atoms with Gasteiger partial charge in [0.05, 0.1) is 0 Å². The SMILES string of the molecule is CN/C=C\C(=N)S(=O)(=O)N1CC2=C(CN(C(=O)Nc3c(C)noc3C)C2)C1. The molecule has 0 bridgehead atoms. The zero-order valence-corrected chi connectivity index (χ0v) is 16.2. The van der Waals surface area contributed by atoms with E-state index < -0.39 is 15.1 Å². The second-order valence-corrected chi connectivity index (χ2v) is 8.36. The van der Waals surface area contributed by atoms with Crippen LogP contribution in [0.5, 0.6) is 0 Å². The number of sulfonamides is 1. The normalized spacial score (nSPS) is 17.7. The first-order valence-corrected chi connectivity index (χ1v) is 9.79. The molecule has 11 heteroatoms. The molecule has 0 fully saturated rings. The van der Waals surface area contributed by atoms with Crippen molar-refractivity contribution in [3.8, 4) is 0 Å². The Morgan fingerprint density at radius 3 is 2.37 bits per heavy atom. The summed E-state index contributed by atoms with van der Waals surface area (Å²) in [5.41, 5.74) is 2.96. The molecule has 0 saturated carbocycles. The molecule has 1 aromatic rings. The van der Waals surface area contributed by atoms with Crippen LogP contribution in [0.1, 0.15) is 11.5 Å². The summed E-state index contributed by atoms with van der Waals surface area (Å²) in [5, 5.41) is 16.6. The average Bonchev–Trinajstić information content (AvgIpc) is 3.28. The standard InChI is InChI=1S/C16H22N6O4S/c1-10-15(11(2)26-20-10)19-16(23)21-6-12-8-22(9-13(12)7-21)27(24,25)14(17)4-5-18-3/h4-5,17-18H,6-9H2,1-3H3,(H,19,23)/b5-4-,17-14?. The van der Waals surface area contributed by atoms with E-state index in [1.165, 1.54) is 16.6 Å². The Kier molecular flexibility index (Phi) is 5.07. The number of carbonyl (C=O) groups excluding carboxylic acids is 1. The highest BCUT2D eigenvalue weighted by molar-refractivity contribution is 8.04. The fraction of sp³-hybridized carbons (Fsp3) is 0.438. The van der Waals surface area contributed by atoms with Crippen molar-refractivity contribution in [3.05, 3.63) is 34.9 Å². The van der Waals surface area contributed by atoms with Crippen LogP contribution in [0.3, 0.4) is 0 Å². The molecule has 2 aliphatic heterocycles. The molecule has 0 aliphatic carbocycles. The number of hydrogen-bond acceptors (Lipinski definition) is 7. The molecule has 3 N–H and O–H groups in total. The van der Waals surface area contributed by atoms with Crippen molar-refractivity contribution in [1.29, 1.82) is 5.41 Å².